The van der Waals surface area contributed by atoms with Gasteiger partial charge in [-0.05, 0) is 0 Å². The second-order valence-corrected chi connectivity index (χ2v) is 4.23. The van der Waals surface area contributed by atoms with Crippen molar-refractivity contribution in [3.05, 3.63) is 0 Å². The minimum Gasteiger partial charge on any atom is -0.854 e. The van der Waals surface area contributed by atoms with Gasteiger partial charge in [-0.1, -0.05) is 79.1 Å². The molecule has 0 bridgehead atoms. The van der Waals surface area contributed by atoms with Gasteiger partial charge in [0, 0.05) is 0 Å². The molecule has 0 saturated heterocycles. The Kier molecular flexibility index (Phi) is 79.1. The molecule has 0 aliphatic rings. The van der Waals surface area contributed by atoms with E-state index in [0.29, 0.717) is 0 Å². The largest absolute Gasteiger partial charge is 4.00 e. The Hall–Kier alpha value is 0.723. The van der Waals surface area contributed by atoms with Crippen LogP contribution in [0.2, 0.25) is 0 Å². The maximum atomic E-state index is 9.53. The van der Waals surface area contributed by atoms with Crippen LogP contribution in [0.4, 0.5) is 0 Å². The summed E-state index contributed by atoms with van der Waals surface area (Å²) in [4.78, 5) is 0. The number of hydrogen-bond acceptors (Lipinski definition) is 4. The van der Waals surface area contributed by atoms with E-state index in [1.54, 1.807) is 0 Å². The third kappa shape index (κ3) is 95.5. The van der Waals surface area contributed by atoms with Crippen LogP contribution in [0.15, 0.2) is 0 Å². The average Bonchev–Trinajstić information content (AvgIpc) is 2.44. The fourth-order valence-corrected chi connectivity index (χ4v) is 0.577. The molecule has 21 heavy (non-hydrogen) atoms. The van der Waals surface area contributed by atoms with Crippen LogP contribution in [0.5, 0.6) is 0 Å². The monoisotopic (exact) mass is 382 g/mol. The number of hydrogen-bond donors (Lipinski definition) is 0. The summed E-state index contributed by atoms with van der Waals surface area (Å²) in [6, 6.07) is 0. The molecule has 0 aliphatic heterocycles. The van der Waals surface area contributed by atoms with Crippen LogP contribution in [-0.4, -0.2) is 26.4 Å². The van der Waals surface area contributed by atoms with Gasteiger partial charge in [0.25, 0.3) is 0 Å². The summed E-state index contributed by atoms with van der Waals surface area (Å²) in [5.74, 6) is 0. The average molecular weight is 384 g/mol. The van der Waals surface area contributed by atoms with Crippen LogP contribution in [0, 0.1) is 0 Å². The molecule has 128 valence electrons. The Morgan fingerprint density at radius 1 is 0.429 bits per heavy atom. The zero-order valence-electron chi connectivity index (χ0n) is 14.6. The first kappa shape index (κ1) is 33.4. The molecule has 0 saturated carbocycles. The summed E-state index contributed by atoms with van der Waals surface area (Å²) in [5, 5.41) is 38.1. The van der Waals surface area contributed by atoms with E-state index in [9.17, 15) is 20.4 Å². The van der Waals surface area contributed by atoms with Crippen molar-refractivity contribution in [1.29, 1.82) is 0 Å². The zero-order valence-corrected chi connectivity index (χ0v) is 17.1. The molecule has 0 N–H and O–H groups in total. The molecule has 0 aliphatic carbocycles. The van der Waals surface area contributed by atoms with Crippen LogP contribution in [0.1, 0.15) is 79.1 Å². The Morgan fingerprint density at radius 3 is 0.571 bits per heavy atom. The van der Waals surface area contributed by atoms with Gasteiger partial charge in [0.2, 0.25) is 0 Å². The van der Waals surface area contributed by atoms with Gasteiger partial charge >= 0.3 is 26.2 Å². The first-order valence-electron chi connectivity index (χ1n) is 7.98. The maximum absolute atomic E-state index is 9.53. The molecule has 5 heteroatoms. The summed E-state index contributed by atoms with van der Waals surface area (Å²) in [5.41, 5.74) is 0. The topological polar surface area (TPSA) is 92.2 Å². The van der Waals surface area contributed by atoms with E-state index >= 15 is 0 Å². The Bertz CT molecular complexity index is 74.3. The molecule has 0 unspecified atom stereocenters. The van der Waals surface area contributed by atoms with E-state index in [0.717, 1.165) is 51.4 Å². The molecule has 0 aromatic rings. The van der Waals surface area contributed by atoms with Crippen molar-refractivity contribution >= 4 is 0 Å². The predicted molar refractivity (Wildman–Crippen MR) is 79.1 cm³/mol. The first-order valence-corrected chi connectivity index (χ1v) is 7.98. The standard InChI is InChI=1S/4C4H9O.Zr/c4*1-2-3-4-5;/h4*2-4H2,1H3;/q4*-1;+4. The van der Waals surface area contributed by atoms with Crippen molar-refractivity contribution in [2.75, 3.05) is 26.4 Å². The van der Waals surface area contributed by atoms with Gasteiger partial charge < -0.3 is 20.4 Å². The van der Waals surface area contributed by atoms with E-state index in [2.05, 4.69) is 0 Å². The summed E-state index contributed by atoms with van der Waals surface area (Å²) in [6.45, 7) is 8.42. The van der Waals surface area contributed by atoms with Gasteiger partial charge in [0.05, 0.1) is 0 Å². The van der Waals surface area contributed by atoms with E-state index in [4.69, 9.17) is 0 Å². The summed E-state index contributed by atoms with van der Waals surface area (Å²) in [7, 11) is 0. The van der Waals surface area contributed by atoms with Gasteiger partial charge in [-0.15, -0.1) is 26.4 Å². The third-order valence-electron chi connectivity index (χ3n) is 1.99. The fraction of sp³-hybridized carbons (Fsp3) is 1.00. The van der Waals surface area contributed by atoms with Gasteiger partial charge in [-0.25, -0.2) is 0 Å². The van der Waals surface area contributed by atoms with Crippen molar-refractivity contribution in [2.24, 2.45) is 0 Å². The zero-order chi connectivity index (χ0) is 16.5. The third-order valence-corrected chi connectivity index (χ3v) is 1.99. The van der Waals surface area contributed by atoms with E-state index in [1.807, 2.05) is 27.7 Å². The summed E-state index contributed by atoms with van der Waals surface area (Å²) < 4.78 is 0. The SMILES string of the molecule is CCCC[O-].CCCC[O-].CCCC[O-].CCCC[O-].[Zr+4]. The summed E-state index contributed by atoms with van der Waals surface area (Å²) in [6.07, 6.45) is 7.46. The van der Waals surface area contributed by atoms with Crippen molar-refractivity contribution in [1.82, 2.24) is 0 Å². The van der Waals surface area contributed by atoms with Gasteiger partial charge in [-0.3, -0.25) is 0 Å². The second-order valence-electron chi connectivity index (χ2n) is 4.23. The van der Waals surface area contributed by atoms with E-state index in [-0.39, 0.29) is 52.6 Å². The van der Waals surface area contributed by atoms with Gasteiger partial charge in [0.1, 0.15) is 0 Å². The van der Waals surface area contributed by atoms with Gasteiger partial charge in [0.15, 0.2) is 0 Å². The molecular formula is C16H36O4Zr. The number of unbranched alkanes of at least 4 members (excludes halogenated alkanes) is 4. The van der Waals surface area contributed by atoms with Crippen molar-refractivity contribution < 1.29 is 46.6 Å². The van der Waals surface area contributed by atoms with Crippen LogP contribution in [-0.2, 0) is 26.2 Å². The molecule has 0 atom stereocenters. The van der Waals surface area contributed by atoms with Gasteiger partial charge in [-0.2, -0.15) is 0 Å². The molecular weight excluding hydrogens is 347 g/mol. The minimum absolute atomic E-state index is 0. The normalized spacial score (nSPS) is 8.00. The summed E-state index contributed by atoms with van der Waals surface area (Å²) >= 11 is 0. The van der Waals surface area contributed by atoms with Crippen molar-refractivity contribution in [3.63, 3.8) is 0 Å². The van der Waals surface area contributed by atoms with Crippen LogP contribution < -0.4 is 20.4 Å². The van der Waals surface area contributed by atoms with Crippen LogP contribution in [0.3, 0.4) is 0 Å². The molecule has 0 heterocycles. The fourth-order valence-electron chi connectivity index (χ4n) is 0.577. The molecule has 0 amide bonds. The van der Waals surface area contributed by atoms with E-state index < -0.39 is 0 Å². The van der Waals surface area contributed by atoms with E-state index in [1.165, 1.54) is 0 Å². The second kappa shape index (κ2) is 49.8. The molecule has 0 rings (SSSR count). The molecule has 0 aromatic heterocycles. The molecule has 0 fully saturated rings. The Balaban J connectivity index is -0.0000000533. The quantitative estimate of drug-likeness (QED) is 0.613. The van der Waals surface area contributed by atoms with Crippen molar-refractivity contribution in [2.45, 2.75) is 79.1 Å². The Labute approximate surface area is 152 Å². The first-order chi connectivity index (χ1) is 9.66. The van der Waals surface area contributed by atoms with Crippen molar-refractivity contribution in [3.8, 4) is 0 Å². The molecule has 0 radical (unpaired) electrons. The predicted octanol–water partition coefficient (Wildman–Crippen LogP) is 0.585. The van der Waals surface area contributed by atoms with Crippen LogP contribution in [0.25, 0.3) is 0 Å². The Morgan fingerprint density at radius 2 is 0.571 bits per heavy atom. The smallest absolute Gasteiger partial charge is 0.854 e. The minimum atomic E-state index is 0. The maximum Gasteiger partial charge on any atom is 4.00 e. The molecule has 0 aromatic carbocycles. The molecule has 0 spiro atoms. The van der Waals surface area contributed by atoms with Crippen LogP contribution >= 0.6 is 0 Å². The molecule has 4 nitrogen and oxygen atoms in total. The number of rotatable bonds is 8.